The molecule has 6 heteroatoms. The molecule has 0 radical (unpaired) electrons. The Labute approximate surface area is 180 Å². The number of fused-ring (bicyclic) bond motifs is 1. The van der Waals surface area contributed by atoms with Gasteiger partial charge in [-0.25, -0.2) is 14.6 Å². The van der Waals surface area contributed by atoms with E-state index in [2.05, 4.69) is 28.3 Å². The van der Waals surface area contributed by atoms with Crippen LogP contribution in [-0.4, -0.2) is 25.7 Å². The molecular formula is C25H21N5O. The van der Waals surface area contributed by atoms with Crippen molar-refractivity contribution in [2.45, 2.75) is 31.7 Å². The number of hydrogen-bond acceptors (Lipinski definition) is 4. The van der Waals surface area contributed by atoms with Gasteiger partial charge in [-0.2, -0.15) is 5.10 Å². The predicted molar refractivity (Wildman–Crippen MR) is 118 cm³/mol. The third-order valence-electron chi connectivity index (χ3n) is 6.00. The number of nitrogens with zero attached hydrogens (tertiary/aromatic N) is 5. The molecule has 152 valence electrons. The van der Waals surface area contributed by atoms with Crippen LogP contribution in [0.15, 0.2) is 73.2 Å². The van der Waals surface area contributed by atoms with Crippen LogP contribution < -0.4 is 4.90 Å². The molecule has 1 fully saturated rings. The van der Waals surface area contributed by atoms with Gasteiger partial charge in [-0.3, -0.25) is 9.69 Å². The molecule has 6 nitrogen and oxygen atoms in total. The summed E-state index contributed by atoms with van der Waals surface area (Å²) < 4.78 is 1.82. The summed E-state index contributed by atoms with van der Waals surface area (Å²) in [5, 5.41) is 4.26. The Bertz CT molecular complexity index is 1260. The molecule has 1 amide bonds. The van der Waals surface area contributed by atoms with Crippen LogP contribution >= 0.6 is 0 Å². The molecule has 1 aliphatic heterocycles. The first-order chi connectivity index (χ1) is 15.3. The van der Waals surface area contributed by atoms with Gasteiger partial charge < -0.3 is 0 Å². The van der Waals surface area contributed by atoms with Gasteiger partial charge in [0, 0.05) is 29.7 Å². The average molecular weight is 407 g/mol. The predicted octanol–water partition coefficient (Wildman–Crippen LogP) is 4.30. The Morgan fingerprint density at radius 1 is 1.00 bits per heavy atom. The largest absolute Gasteiger partial charge is 0.292 e. The van der Waals surface area contributed by atoms with E-state index in [4.69, 9.17) is 4.98 Å². The first-order valence-corrected chi connectivity index (χ1v) is 10.6. The summed E-state index contributed by atoms with van der Waals surface area (Å²) in [6, 6.07) is 18.4. The summed E-state index contributed by atoms with van der Waals surface area (Å²) in [6.07, 6.45) is 8.28. The Balaban J connectivity index is 1.31. The van der Waals surface area contributed by atoms with E-state index in [1.165, 1.54) is 18.4 Å². The normalized spacial score (nSPS) is 15.4. The van der Waals surface area contributed by atoms with Crippen LogP contribution in [0.25, 0.3) is 17.1 Å². The van der Waals surface area contributed by atoms with Crippen molar-refractivity contribution in [1.82, 2.24) is 19.7 Å². The first kappa shape index (κ1) is 18.0. The molecule has 2 aromatic carbocycles. The fourth-order valence-electron chi connectivity index (χ4n) is 4.23. The number of rotatable bonds is 5. The molecular weight excluding hydrogens is 386 g/mol. The molecule has 4 aromatic rings. The van der Waals surface area contributed by atoms with Crippen molar-refractivity contribution in [2.24, 2.45) is 0 Å². The average Bonchev–Trinajstić information content (AvgIpc) is 3.42. The minimum absolute atomic E-state index is 0.0630. The van der Waals surface area contributed by atoms with E-state index in [1.807, 2.05) is 53.5 Å². The monoisotopic (exact) mass is 407 g/mol. The maximum absolute atomic E-state index is 12.8. The second-order valence-electron chi connectivity index (χ2n) is 8.18. The van der Waals surface area contributed by atoms with Crippen molar-refractivity contribution in [3.8, 4) is 17.1 Å². The Morgan fingerprint density at radius 2 is 1.84 bits per heavy atom. The molecule has 2 aliphatic rings. The van der Waals surface area contributed by atoms with E-state index >= 15 is 0 Å². The lowest BCUT2D eigenvalue weighted by Gasteiger charge is -2.17. The summed E-state index contributed by atoms with van der Waals surface area (Å²) in [5.41, 5.74) is 5.33. The van der Waals surface area contributed by atoms with Crippen LogP contribution in [0.2, 0.25) is 0 Å². The van der Waals surface area contributed by atoms with Gasteiger partial charge in [0.25, 0.3) is 0 Å². The molecule has 0 atom stereocenters. The van der Waals surface area contributed by atoms with Gasteiger partial charge in [0.1, 0.15) is 5.82 Å². The molecule has 0 saturated heterocycles. The van der Waals surface area contributed by atoms with Crippen molar-refractivity contribution in [1.29, 1.82) is 0 Å². The van der Waals surface area contributed by atoms with Crippen LogP contribution in [0.1, 0.15) is 35.4 Å². The smallest absolute Gasteiger partial charge is 0.233 e. The summed E-state index contributed by atoms with van der Waals surface area (Å²) in [5.74, 6) is 2.11. The fraction of sp³-hybridized carbons (Fsp3) is 0.200. The summed E-state index contributed by atoms with van der Waals surface area (Å²) in [6.45, 7) is 0.492. The fourth-order valence-corrected chi connectivity index (χ4v) is 4.23. The number of carbonyl (C=O) groups is 1. The van der Waals surface area contributed by atoms with Gasteiger partial charge >= 0.3 is 0 Å². The van der Waals surface area contributed by atoms with Gasteiger partial charge in [-0.05, 0) is 48.1 Å². The molecule has 2 aromatic heterocycles. The zero-order chi connectivity index (χ0) is 20.8. The maximum Gasteiger partial charge on any atom is 0.233 e. The highest BCUT2D eigenvalue weighted by molar-refractivity contribution is 6.00. The minimum Gasteiger partial charge on any atom is -0.292 e. The second-order valence-corrected chi connectivity index (χ2v) is 8.18. The second kappa shape index (κ2) is 7.16. The topological polar surface area (TPSA) is 63.9 Å². The van der Waals surface area contributed by atoms with E-state index in [9.17, 15) is 4.79 Å². The van der Waals surface area contributed by atoms with Crippen LogP contribution in [0.3, 0.4) is 0 Å². The highest BCUT2D eigenvalue weighted by Crippen LogP contribution is 2.44. The third-order valence-corrected chi connectivity index (χ3v) is 6.00. The molecule has 6 rings (SSSR count). The highest BCUT2D eigenvalue weighted by atomic mass is 16.2. The highest BCUT2D eigenvalue weighted by Gasteiger charge is 2.31. The summed E-state index contributed by atoms with van der Waals surface area (Å²) in [7, 11) is 0. The quantitative estimate of drug-likeness (QED) is 0.495. The number of carbonyl (C=O) groups excluding carboxylic acids is 1. The van der Waals surface area contributed by atoms with Crippen LogP contribution in [0, 0.1) is 0 Å². The van der Waals surface area contributed by atoms with Crippen LogP contribution in [0.5, 0.6) is 0 Å². The lowest BCUT2D eigenvalue weighted by Crippen LogP contribution is -2.26. The van der Waals surface area contributed by atoms with Crippen molar-refractivity contribution in [3.05, 3.63) is 89.9 Å². The van der Waals surface area contributed by atoms with E-state index < -0.39 is 0 Å². The van der Waals surface area contributed by atoms with E-state index in [0.29, 0.717) is 24.7 Å². The van der Waals surface area contributed by atoms with Crippen molar-refractivity contribution >= 4 is 11.7 Å². The number of aromatic nitrogens is 4. The molecule has 0 spiro atoms. The zero-order valence-electron chi connectivity index (χ0n) is 17.0. The minimum atomic E-state index is 0.0630. The van der Waals surface area contributed by atoms with E-state index in [-0.39, 0.29) is 5.91 Å². The maximum atomic E-state index is 12.8. The van der Waals surface area contributed by atoms with Gasteiger partial charge in [0.15, 0.2) is 5.82 Å². The van der Waals surface area contributed by atoms with Crippen LogP contribution in [-0.2, 0) is 17.8 Å². The Hall–Kier alpha value is -3.80. The first-order valence-electron chi connectivity index (χ1n) is 10.6. The Morgan fingerprint density at radius 3 is 2.61 bits per heavy atom. The van der Waals surface area contributed by atoms with Crippen molar-refractivity contribution in [2.75, 3.05) is 4.90 Å². The lowest BCUT2D eigenvalue weighted by atomic mass is 10.0. The molecule has 1 aliphatic carbocycles. The summed E-state index contributed by atoms with van der Waals surface area (Å²) >= 11 is 0. The Kier molecular flexibility index (Phi) is 4.16. The SMILES string of the molecule is O=C1Cc2cnc(-c3ccccc3C3CC3)nc2N1Cc1ccc(-n2cccn2)cc1. The number of benzene rings is 2. The molecule has 1 saturated carbocycles. The van der Waals surface area contributed by atoms with Gasteiger partial charge in [-0.1, -0.05) is 36.4 Å². The molecule has 31 heavy (non-hydrogen) atoms. The molecule has 0 N–H and O–H groups in total. The zero-order valence-corrected chi connectivity index (χ0v) is 17.0. The van der Waals surface area contributed by atoms with E-state index in [0.717, 1.165) is 28.2 Å². The van der Waals surface area contributed by atoms with Crippen LogP contribution in [0.4, 0.5) is 5.82 Å². The van der Waals surface area contributed by atoms with Crippen molar-refractivity contribution < 1.29 is 4.79 Å². The molecule has 0 bridgehead atoms. The summed E-state index contributed by atoms with van der Waals surface area (Å²) in [4.78, 5) is 24.0. The van der Waals surface area contributed by atoms with Gasteiger partial charge in [-0.15, -0.1) is 0 Å². The number of amides is 1. The van der Waals surface area contributed by atoms with Gasteiger partial charge in [0.05, 0.1) is 18.7 Å². The van der Waals surface area contributed by atoms with Crippen molar-refractivity contribution in [3.63, 3.8) is 0 Å². The number of hydrogen-bond donors (Lipinski definition) is 0. The third kappa shape index (κ3) is 3.30. The standard InChI is InChI=1S/C25H21N5O/c31-23-14-19-15-26-24(22-5-2-1-4-21(22)18-8-9-18)28-25(19)29(23)16-17-6-10-20(11-7-17)30-13-3-12-27-30/h1-7,10-13,15,18H,8-9,14,16H2. The van der Waals surface area contributed by atoms with Gasteiger partial charge in [0.2, 0.25) is 5.91 Å². The lowest BCUT2D eigenvalue weighted by molar-refractivity contribution is -0.117. The molecule has 3 heterocycles. The number of anilines is 1. The molecule has 0 unspecified atom stereocenters. The van der Waals surface area contributed by atoms with E-state index in [1.54, 1.807) is 11.1 Å².